The van der Waals surface area contributed by atoms with Crippen LogP contribution < -0.4 is 5.32 Å². The van der Waals surface area contributed by atoms with E-state index in [1.165, 1.54) is 0 Å². The van der Waals surface area contributed by atoms with Gasteiger partial charge in [-0.1, -0.05) is 0 Å². The van der Waals surface area contributed by atoms with Crippen molar-refractivity contribution in [2.75, 3.05) is 13.1 Å². The zero-order valence-corrected chi connectivity index (χ0v) is 9.59. The predicted molar refractivity (Wildman–Crippen MR) is 59.9 cm³/mol. The molecule has 0 aromatic carbocycles. The van der Waals surface area contributed by atoms with Gasteiger partial charge in [-0.3, -0.25) is 0 Å². The average Bonchev–Trinajstić information content (AvgIpc) is 2.91. The van der Waals surface area contributed by atoms with E-state index in [0.717, 1.165) is 30.9 Å². The van der Waals surface area contributed by atoms with Gasteiger partial charge in [0.05, 0.1) is 6.04 Å². The Kier molecular flexibility index (Phi) is 3.20. The van der Waals surface area contributed by atoms with Gasteiger partial charge in [-0.15, -0.1) is 11.3 Å². The minimum Gasteiger partial charge on any atom is -0.329 e. The van der Waals surface area contributed by atoms with Crippen molar-refractivity contribution in [2.45, 2.75) is 25.8 Å². The van der Waals surface area contributed by atoms with Gasteiger partial charge in [0, 0.05) is 24.7 Å². The number of aromatic nitrogens is 1. The third-order valence-electron chi connectivity index (χ3n) is 2.56. The second-order valence-electron chi connectivity index (χ2n) is 3.74. The van der Waals surface area contributed by atoms with Gasteiger partial charge < -0.3 is 10.2 Å². The molecule has 1 unspecified atom stereocenters. The summed E-state index contributed by atoms with van der Waals surface area (Å²) in [6.45, 7) is 3.74. The van der Waals surface area contributed by atoms with Crippen molar-refractivity contribution in [3.8, 4) is 0 Å². The summed E-state index contributed by atoms with van der Waals surface area (Å²) in [6.07, 6.45) is 4.01. The first kappa shape index (κ1) is 10.4. The van der Waals surface area contributed by atoms with Crippen LogP contribution in [0.1, 0.15) is 30.8 Å². The number of nitrogens with one attached hydrogen (secondary N) is 1. The van der Waals surface area contributed by atoms with Gasteiger partial charge in [-0.05, 0) is 19.8 Å². The van der Waals surface area contributed by atoms with E-state index < -0.39 is 0 Å². The summed E-state index contributed by atoms with van der Waals surface area (Å²) in [4.78, 5) is 17.8. The van der Waals surface area contributed by atoms with Gasteiger partial charge in [-0.2, -0.15) is 0 Å². The fraction of sp³-hybridized carbons (Fsp3) is 0.600. The summed E-state index contributed by atoms with van der Waals surface area (Å²) in [5, 5.41) is 5.84. The van der Waals surface area contributed by atoms with Gasteiger partial charge >= 0.3 is 6.03 Å². The van der Waals surface area contributed by atoms with E-state index in [1.807, 2.05) is 17.2 Å². The molecule has 1 fully saturated rings. The molecular weight excluding hydrogens is 210 g/mol. The third-order valence-corrected chi connectivity index (χ3v) is 3.51. The lowest BCUT2D eigenvalue weighted by Crippen LogP contribution is -2.39. The number of urea groups is 1. The van der Waals surface area contributed by atoms with Gasteiger partial charge in [0.15, 0.2) is 0 Å². The summed E-state index contributed by atoms with van der Waals surface area (Å²) >= 11 is 1.57. The molecule has 2 heterocycles. The van der Waals surface area contributed by atoms with E-state index in [9.17, 15) is 4.79 Å². The lowest BCUT2D eigenvalue weighted by molar-refractivity contribution is 0.205. The zero-order chi connectivity index (χ0) is 10.7. The molecule has 1 aliphatic heterocycles. The number of nitrogens with zero attached hydrogens (tertiary/aromatic N) is 2. The summed E-state index contributed by atoms with van der Waals surface area (Å²) in [6, 6.07) is 0.0494. The Morgan fingerprint density at radius 1 is 1.60 bits per heavy atom. The van der Waals surface area contributed by atoms with Crippen LogP contribution in [0.4, 0.5) is 4.79 Å². The summed E-state index contributed by atoms with van der Waals surface area (Å²) in [5.41, 5.74) is 0. The average molecular weight is 225 g/mol. The fourth-order valence-electron chi connectivity index (χ4n) is 1.71. The lowest BCUT2D eigenvalue weighted by Gasteiger charge is -2.19. The van der Waals surface area contributed by atoms with Crippen molar-refractivity contribution in [1.29, 1.82) is 0 Å². The van der Waals surface area contributed by atoms with E-state index in [1.54, 1.807) is 17.5 Å². The number of likely N-dealkylation sites (tertiary alicyclic amines) is 1. The molecule has 1 saturated heterocycles. The lowest BCUT2D eigenvalue weighted by atomic mass is 10.3. The van der Waals surface area contributed by atoms with E-state index in [-0.39, 0.29) is 12.1 Å². The molecule has 2 rings (SSSR count). The molecule has 0 aliphatic carbocycles. The molecule has 0 spiro atoms. The molecular formula is C10H15N3OS. The highest BCUT2D eigenvalue weighted by Gasteiger charge is 2.20. The number of thiazole rings is 1. The Balaban J connectivity index is 1.88. The maximum Gasteiger partial charge on any atom is 0.317 e. The van der Waals surface area contributed by atoms with Crippen molar-refractivity contribution >= 4 is 17.4 Å². The topological polar surface area (TPSA) is 45.2 Å². The number of amides is 2. The first-order valence-corrected chi connectivity index (χ1v) is 6.10. The summed E-state index contributed by atoms with van der Waals surface area (Å²) in [5.74, 6) is 0. The standard InChI is InChI=1S/C10H15N3OS/c1-8(9-11-4-7-15-9)12-10(14)13-5-2-3-6-13/h4,7-8H,2-3,5-6H2,1H3,(H,12,14). The smallest absolute Gasteiger partial charge is 0.317 e. The van der Waals surface area contributed by atoms with Crippen LogP contribution >= 0.6 is 11.3 Å². The molecule has 1 N–H and O–H groups in total. The Hall–Kier alpha value is -1.10. The molecule has 5 heteroatoms. The van der Waals surface area contributed by atoms with Crippen molar-refractivity contribution in [1.82, 2.24) is 15.2 Å². The zero-order valence-electron chi connectivity index (χ0n) is 8.77. The highest BCUT2D eigenvalue weighted by molar-refractivity contribution is 7.09. The monoisotopic (exact) mass is 225 g/mol. The molecule has 4 nitrogen and oxygen atoms in total. The van der Waals surface area contributed by atoms with Crippen LogP contribution in [0.15, 0.2) is 11.6 Å². The van der Waals surface area contributed by atoms with Crippen LogP contribution in [-0.4, -0.2) is 29.0 Å². The van der Waals surface area contributed by atoms with E-state index in [0.29, 0.717) is 0 Å². The second kappa shape index (κ2) is 4.61. The SMILES string of the molecule is CC(NC(=O)N1CCCC1)c1nccs1. The van der Waals surface area contributed by atoms with Crippen molar-refractivity contribution in [3.63, 3.8) is 0 Å². The first-order chi connectivity index (χ1) is 7.27. The molecule has 15 heavy (non-hydrogen) atoms. The number of carbonyl (C=O) groups excluding carboxylic acids is 1. The van der Waals surface area contributed by atoms with Crippen LogP contribution in [0.5, 0.6) is 0 Å². The second-order valence-corrected chi connectivity index (χ2v) is 4.66. The number of hydrogen-bond donors (Lipinski definition) is 1. The van der Waals surface area contributed by atoms with Crippen LogP contribution in [0, 0.1) is 0 Å². The molecule has 1 aromatic heterocycles. The number of hydrogen-bond acceptors (Lipinski definition) is 3. The normalized spacial score (nSPS) is 17.8. The molecule has 1 aromatic rings. The molecule has 2 amide bonds. The Morgan fingerprint density at radius 3 is 2.93 bits per heavy atom. The molecule has 1 atom stereocenters. The maximum absolute atomic E-state index is 11.7. The van der Waals surface area contributed by atoms with Crippen molar-refractivity contribution in [2.24, 2.45) is 0 Å². The fourth-order valence-corrected chi connectivity index (χ4v) is 2.35. The van der Waals surface area contributed by atoms with Gasteiger partial charge in [0.25, 0.3) is 0 Å². The van der Waals surface area contributed by atoms with E-state index in [4.69, 9.17) is 0 Å². The molecule has 0 saturated carbocycles. The van der Waals surface area contributed by atoms with Crippen LogP contribution in [-0.2, 0) is 0 Å². The van der Waals surface area contributed by atoms with Gasteiger partial charge in [0.2, 0.25) is 0 Å². The van der Waals surface area contributed by atoms with Gasteiger partial charge in [0.1, 0.15) is 5.01 Å². The number of rotatable bonds is 2. The Bertz CT molecular complexity index is 319. The summed E-state index contributed by atoms with van der Waals surface area (Å²) in [7, 11) is 0. The van der Waals surface area contributed by atoms with Crippen molar-refractivity contribution in [3.05, 3.63) is 16.6 Å². The van der Waals surface area contributed by atoms with Crippen LogP contribution in [0.25, 0.3) is 0 Å². The van der Waals surface area contributed by atoms with Crippen LogP contribution in [0.3, 0.4) is 0 Å². The highest BCUT2D eigenvalue weighted by Crippen LogP contribution is 2.16. The van der Waals surface area contributed by atoms with E-state index >= 15 is 0 Å². The van der Waals surface area contributed by atoms with Gasteiger partial charge in [-0.25, -0.2) is 9.78 Å². The first-order valence-electron chi connectivity index (χ1n) is 5.22. The maximum atomic E-state index is 11.7. The highest BCUT2D eigenvalue weighted by atomic mass is 32.1. The molecule has 0 bridgehead atoms. The molecule has 82 valence electrons. The Morgan fingerprint density at radius 2 is 2.33 bits per heavy atom. The minimum absolute atomic E-state index is 0.0121. The van der Waals surface area contributed by atoms with E-state index in [2.05, 4.69) is 10.3 Å². The quantitative estimate of drug-likeness (QED) is 0.836. The van der Waals surface area contributed by atoms with Crippen molar-refractivity contribution < 1.29 is 4.79 Å². The summed E-state index contributed by atoms with van der Waals surface area (Å²) < 4.78 is 0. The largest absolute Gasteiger partial charge is 0.329 e. The Labute approximate surface area is 93.3 Å². The van der Waals surface area contributed by atoms with Crippen LogP contribution in [0.2, 0.25) is 0 Å². The minimum atomic E-state index is 0.0121. The molecule has 0 radical (unpaired) electrons. The number of carbonyl (C=O) groups is 1. The predicted octanol–water partition coefficient (Wildman–Crippen LogP) is 2.01. The third kappa shape index (κ3) is 2.47. The molecule has 1 aliphatic rings.